The number of carbonyl (C=O) groups excluding carboxylic acids is 1. The highest BCUT2D eigenvalue weighted by Crippen LogP contribution is 2.29. The summed E-state index contributed by atoms with van der Waals surface area (Å²) in [6, 6.07) is 12.0. The zero-order valence-corrected chi connectivity index (χ0v) is 19.8. The molecule has 3 heterocycles. The number of nitrogens with one attached hydrogen (secondary N) is 1. The average Bonchev–Trinajstić information content (AvgIpc) is 3.41. The van der Waals surface area contributed by atoms with Crippen LogP contribution in [0.4, 0.5) is 5.95 Å². The van der Waals surface area contributed by atoms with Gasteiger partial charge in [0.05, 0.1) is 18.6 Å². The molecule has 0 radical (unpaired) electrons. The molecular formula is C24H31N5O2S. The quantitative estimate of drug-likeness (QED) is 0.517. The van der Waals surface area contributed by atoms with E-state index in [9.17, 15) is 4.79 Å². The number of hydrogen-bond donors (Lipinski definition) is 1. The minimum atomic E-state index is -0.0232. The molecule has 7 nitrogen and oxygen atoms in total. The Morgan fingerprint density at radius 3 is 2.59 bits per heavy atom. The van der Waals surface area contributed by atoms with Gasteiger partial charge < -0.3 is 14.6 Å². The van der Waals surface area contributed by atoms with Crippen molar-refractivity contribution in [2.24, 2.45) is 11.8 Å². The molecule has 2 atom stereocenters. The lowest BCUT2D eigenvalue weighted by atomic mass is 9.92. The van der Waals surface area contributed by atoms with Gasteiger partial charge in [-0.1, -0.05) is 55.4 Å². The van der Waals surface area contributed by atoms with Crippen LogP contribution in [0.15, 0.2) is 52.2 Å². The Kier molecular flexibility index (Phi) is 7.19. The van der Waals surface area contributed by atoms with Crippen molar-refractivity contribution >= 4 is 23.6 Å². The van der Waals surface area contributed by atoms with Gasteiger partial charge in [0.2, 0.25) is 11.9 Å². The van der Waals surface area contributed by atoms with E-state index < -0.39 is 0 Å². The van der Waals surface area contributed by atoms with E-state index in [2.05, 4.69) is 57.9 Å². The first-order valence-electron chi connectivity index (χ1n) is 11.1. The van der Waals surface area contributed by atoms with Crippen LogP contribution in [-0.2, 0) is 17.9 Å². The standard InChI is InChI=1S/C24H31N5O2S/c1-17-6-8-20(9-7-17)12-25-22(30)16-32-24-27-26-23(28-13-18(2)11-19(3)14-28)29(24)15-21-5-4-10-31-21/h4-10,18-19H,11-16H2,1-3H3,(H,25,30). The van der Waals surface area contributed by atoms with E-state index in [1.807, 2.05) is 24.3 Å². The van der Waals surface area contributed by atoms with Crippen LogP contribution in [-0.4, -0.2) is 39.5 Å². The van der Waals surface area contributed by atoms with Crippen molar-refractivity contribution in [2.45, 2.75) is 45.4 Å². The third-order valence-electron chi connectivity index (χ3n) is 5.69. The Morgan fingerprint density at radius 2 is 1.91 bits per heavy atom. The van der Waals surface area contributed by atoms with Gasteiger partial charge in [0, 0.05) is 19.6 Å². The van der Waals surface area contributed by atoms with Gasteiger partial charge in [-0.15, -0.1) is 10.2 Å². The molecule has 0 aliphatic carbocycles. The van der Waals surface area contributed by atoms with Gasteiger partial charge in [-0.2, -0.15) is 0 Å². The number of furan rings is 1. The van der Waals surface area contributed by atoms with Crippen molar-refractivity contribution in [3.8, 4) is 0 Å². The van der Waals surface area contributed by atoms with Gasteiger partial charge in [-0.3, -0.25) is 9.36 Å². The van der Waals surface area contributed by atoms with Crippen molar-refractivity contribution in [3.05, 3.63) is 59.5 Å². The molecule has 2 unspecified atom stereocenters. The van der Waals surface area contributed by atoms with Crippen LogP contribution in [0.1, 0.15) is 37.2 Å². The summed E-state index contributed by atoms with van der Waals surface area (Å²) in [6.45, 7) is 9.60. The molecule has 1 aromatic carbocycles. The molecule has 1 aliphatic heterocycles. The van der Waals surface area contributed by atoms with Crippen LogP contribution in [0.25, 0.3) is 0 Å². The van der Waals surface area contributed by atoms with Gasteiger partial charge in [0.1, 0.15) is 5.76 Å². The van der Waals surface area contributed by atoms with Gasteiger partial charge in [0.15, 0.2) is 5.16 Å². The molecule has 3 aromatic rings. The monoisotopic (exact) mass is 453 g/mol. The van der Waals surface area contributed by atoms with Crippen LogP contribution < -0.4 is 10.2 Å². The Balaban J connectivity index is 1.43. The lowest BCUT2D eigenvalue weighted by Gasteiger charge is -2.35. The number of anilines is 1. The van der Waals surface area contributed by atoms with E-state index in [-0.39, 0.29) is 11.7 Å². The number of benzene rings is 1. The van der Waals surface area contributed by atoms with Crippen molar-refractivity contribution in [1.29, 1.82) is 0 Å². The molecule has 32 heavy (non-hydrogen) atoms. The molecule has 8 heteroatoms. The van der Waals surface area contributed by atoms with E-state index in [0.717, 1.165) is 35.5 Å². The Bertz CT molecular complexity index is 1010. The van der Waals surface area contributed by atoms with Gasteiger partial charge in [-0.05, 0) is 42.9 Å². The first-order valence-corrected chi connectivity index (χ1v) is 12.1. The number of nitrogens with zero attached hydrogens (tertiary/aromatic N) is 4. The van der Waals surface area contributed by atoms with Crippen molar-refractivity contribution in [1.82, 2.24) is 20.1 Å². The number of amides is 1. The third-order valence-corrected chi connectivity index (χ3v) is 6.65. The highest BCUT2D eigenvalue weighted by atomic mass is 32.2. The van der Waals surface area contributed by atoms with Crippen LogP contribution in [0, 0.1) is 18.8 Å². The predicted molar refractivity (Wildman–Crippen MR) is 127 cm³/mol. The molecule has 1 aliphatic rings. The Hall–Kier alpha value is -2.74. The van der Waals surface area contributed by atoms with Crippen molar-refractivity contribution in [2.75, 3.05) is 23.7 Å². The maximum atomic E-state index is 12.5. The van der Waals surface area contributed by atoms with Gasteiger partial charge in [0.25, 0.3) is 0 Å². The number of aryl methyl sites for hydroxylation is 1. The molecule has 0 bridgehead atoms. The molecule has 1 amide bonds. The third kappa shape index (κ3) is 5.73. The van der Waals surface area contributed by atoms with Crippen LogP contribution in [0.2, 0.25) is 0 Å². The minimum absolute atomic E-state index is 0.0232. The molecule has 1 saturated heterocycles. The maximum absolute atomic E-state index is 12.5. The highest BCUT2D eigenvalue weighted by Gasteiger charge is 2.27. The van der Waals surface area contributed by atoms with Gasteiger partial charge in [-0.25, -0.2) is 0 Å². The fourth-order valence-electron chi connectivity index (χ4n) is 4.23. The average molecular weight is 454 g/mol. The second kappa shape index (κ2) is 10.3. The fourth-order valence-corrected chi connectivity index (χ4v) is 5.00. The molecule has 0 saturated carbocycles. The van der Waals surface area contributed by atoms with E-state index in [4.69, 9.17) is 4.42 Å². The molecule has 1 N–H and O–H groups in total. The zero-order valence-electron chi connectivity index (χ0n) is 19.0. The predicted octanol–water partition coefficient (Wildman–Crippen LogP) is 4.12. The Morgan fingerprint density at radius 1 is 1.16 bits per heavy atom. The number of hydrogen-bond acceptors (Lipinski definition) is 6. The van der Waals surface area contributed by atoms with Crippen LogP contribution in [0.3, 0.4) is 0 Å². The summed E-state index contributed by atoms with van der Waals surface area (Å²) in [7, 11) is 0. The van der Waals surface area contributed by atoms with Crippen LogP contribution >= 0.6 is 11.8 Å². The summed E-state index contributed by atoms with van der Waals surface area (Å²) in [5, 5.41) is 12.7. The second-order valence-corrected chi connectivity index (χ2v) is 9.79. The topological polar surface area (TPSA) is 76.2 Å². The summed E-state index contributed by atoms with van der Waals surface area (Å²) in [6.07, 6.45) is 2.90. The SMILES string of the molecule is Cc1ccc(CNC(=O)CSc2nnc(N3CC(C)CC(C)C3)n2Cc2ccco2)cc1. The molecule has 1 fully saturated rings. The summed E-state index contributed by atoms with van der Waals surface area (Å²) in [5.74, 6) is 3.17. The van der Waals surface area contributed by atoms with Gasteiger partial charge >= 0.3 is 0 Å². The second-order valence-electron chi connectivity index (χ2n) is 8.85. The Labute approximate surface area is 193 Å². The maximum Gasteiger partial charge on any atom is 0.230 e. The zero-order chi connectivity index (χ0) is 22.5. The first kappa shape index (κ1) is 22.5. The summed E-state index contributed by atoms with van der Waals surface area (Å²) in [4.78, 5) is 14.8. The number of rotatable bonds is 8. The lowest BCUT2D eigenvalue weighted by molar-refractivity contribution is -0.118. The largest absolute Gasteiger partial charge is 0.467 e. The molecular weight excluding hydrogens is 422 g/mol. The minimum Gasteiger partial charge on any atom is -0.467 e. The summed E-state index contributed by atoms with van der Waals surface area (Å²) in [5.41, 5.74) is 2.30. The lowest BCUT2D eigenvalue weighted by Crippen LogP contribution is -2.40. The highest BCUT2D eigenvalue weighted by molar-refractivity contribution is 7.99. The molecule has 170 valence electrons. The first-order chi connectivity index (χ1) is 15.5. The molecule has 2 aromatic heterocycles. The number of carbonyl (C=O) groups is 1. The van der Waals surface area contributed by atoms with Crippen molar-refractivity contribution < 1.29 is 9.21 Å². The molecule has 0 spiro atoms. The number of thioether (sulfide) groups is 1. The van der Waals surface area contributed by atoms with Crippen LogP contribution in [0.5, 0.6) is 0 Å². The van der Waals surface area contributed by atoms with E-state index in [1.54, 1.807) is 6.26 Å². The fraction of sp³-hybridized carbons (Fsp3) is 0.458. The van der Waals surface area contributed by atoms with E-state index in [1.165, 1.54) is 23.7 Å². The van der Waals surface area contributed by atoms with E-state index >= 15 is 0 Å². The van der Waals surface area contributed by atoms with E-state index in [0.29, 0.717) is 24.9 Å². The normalized spacial score (nSPS) is 18.7. The number of piperidine rings is 1. The van der Waals surface area contributed by atoms with Crippen molar-refractivity contribution in [3.63, 3.8) is 0 Å². The smallest absolute Gasteiger partial charge is 0.230 e. The molecule has 4 rings (SSSR count). The number of aromatic nitrogens is 3. The summed E-state index contributed by atoms with van der Waals surface area (Å²) >= 11 is 1.41. The summed E-state index contributed by atoms with van der Waals surface area (Å²) < 4.78 is 7.66.